The molecule has 0 radical (unpaired) electrons. The maximum Gasteiger partial charge on any atom is 0.269 e. The van der Waals surface area contributed by atoms with E-state index < -0.39 is 0 Å². The molecule has 1 aromatic heterocycles. The number of carbonyl (C=O) groups excluding carboxylic acids is 1. The van der Waals surface area contributed by atoms with Crippen LogP contribution in [-0.2, 0) is 9.47 Å². The number of carbonyl (C=O) groups is 1. The molecule has 1 aliphatic heterocycles. The average Bonchev–Trinajstić information content (AvgIpc) is 3.30. The molecule has 0 saturated carbocycles. The smallest absolute Gasteiger partial charge is 0.269 e. The third-order valence-electron chi connectivity index (χ3n) is 4.04. The molecule has 2 N–H and O–H groups in total. The van der Waals surface area contributed by atoms with Crippen LogP contribution in [0.5, 0.6) is 0 Å². The van der Waals surface area contributed by atoms with Crippen LogP contribution in [0.15, 0.2) is 30.3 Å². The van der Waals surface area contributed by atoms with E-state index in [1.807, 2.05) is 0 Å². The Bertz CT molecular complexity index is 681. The highest BCUT2D eigenvalue weighted by molar-refractivity contribution is 5.93. The normalized spacial score (nSPS) is 16.9. The molecule has 1 aliphatic rings. The summed E-state index contributed by atoms with van der Waals surface area (Å²) in [5.41, 5.74) is 1.73. The number of nitrogens with zero attached hydrogens (tertiary/aromatic N) is 1. The number of benzene rings is 1. The Morgan fingerprint density at radius 2 is 2.24 bits per heavy atom. The Labute approximate surface area is 145 Å². The molecule has 0 spiro atoms. The quantitative estimate of drug-likeness (QED) is 0.720. The Balaban J connectivity index is 1.37. The minimum Gasteiger partial charge on any atom is -0.379 e. The van der Waals surface area contributed by atoms with Crippen LogP contribution in [0.1, 0.15) is 29.8 Å². The summed E-state index contributed by atoms with van der Waals surface area (Å²) in [5, 5.41) is 9.62. The van der Waals surface area contributed by atoms with Crippen molar-refractivity contribution in [2.75, 3.05) is 26.4 Å². The lowest BCUT2D eigenvalue weighted by atomic mass is 10.1. The van der Waals surface area contributed by atoms with Gasteiger partial charge in [-0.15, -0.1) is 0 Å². The van der Waals surface area contributed by atoms with Gasteiger partial charge < -0.3 is 14.8 Å². The van der Waals surface area contributed by atoms with Crippen molar-refractivity contribution in [1.82, 2.24) is 15.5 Å². The second-order valence-electron chi connectivity index (χ2n) is 5.99. The maximum atomic E-state index is 12.9. The minimum absolute atomic E-state index is 0.222. The molecule has 2 aromatic rings. The first-order valence-corrected chi connectivity index (χ1v) is 8.51. The lowest BCUT2D eigenvalue weighted by Crippen LogP contribution is -2.26. The van der Waals surface area contributed by atoms with E-state index in [0.29, 0.717) is 31.1 Å². The fourth-order valence-electron chi connectivity index (χ4n) is 2.67. The fraction of sp³-hybridized carbons (Fsp3) is 0.444. The van der Waals surface area contributed by atoms with E-state index in [1.165, 1.54) is 12.1 Å². The molecule has 0 unspecified atom stereocenters. The predicted molar refractivity (Wildman–Crippen MR) is 90.7 cm³/mol. The molecular formula is C18H22FN3O3. The first kappa shape index (κ1) is 17.6. The average molecular weight is 347 g/mol. The second-order valence-corrected chi connectivity index (χ2v) is 5.99. The van der Waals surface area contributed by atoms with Gasteiger partial charge in [-0.25, -0.2) is 4.39 Å². The third-order valence-corrected chi connectivity index (χ3v) is 4.04. The van der Waals surface area contributed by atoms with E-state index in [1.54, 1.807) is 18.2 Å². The van der Waals surface area contributed by atoms with Gasteiger partial charge in [0, 0.05) is 25.3 Å². The molecule has 2 heterocycles. The van der Waals surface area contributed by atoms with Gasteiger partial charge in [-0.1, -0.05) is 0 Å². The van der Waals surface area contributed by atoms with Crippen LogP contribution in [0.25, 0.3) is 11.3 Å². The first-order chi connectivity index (χ1) is 12.2. The van der Waals surface area contributed by atoms with Crippen LogP contribution in [0, 0.1) is 5.82 Å². The molecule has 1 atom stereocenters. The van der Waals surface area contributed by atoms with Crippen molar-refractivity contribution in [3.05, 3.63) is 41.8 Å². The van der Waals surface area contributed by atoms with Crippen molar-refractivity contribution < 1.29 is 18.7 Å². The molecule has 1 amide bonds. The van der Waals surface area contributed by atoms with Gasteiger partial charge in [0.25, 0.3) is 5.91 Å². The standard InChI is InChI=1S/C18H22FN3O3/c19-14-6-4-13(5-7-14)16-11-17(22-21-16)18(23)20-8-2-9-24-12-15-3-1-10-25-15/h4-7,11,15H,1-3,8-10,12H2,(H,20,23)(H,21,22)/t15-/m1/s1. The van der Waals surface area contributed by atoms with E-state index in [0.717, 1.165) is 31.4 Å². The number of hydrogen-bond acceptors (Lipinski definition) is 4. The van der Waals surface area contributed by atoms with Crippen LogP contribution >= 0.6 is 0 Å². The number of aromatic nitrogens is 2. The largest absolute Gasteiger partial charge is 0.379 e. The van der Waals surface area contributed by atoms with Gasteiger partial charge in [-0.2, -0.15) is 5.10 Å². The number of hydrogen-bond donors (Lipinski definition) is 2. The Morgan fingerprint density at radius 3 is 3.00 bits per heavy atom. The van der Waals surface area contributed by atoms with Crippen molar-refractivity contribution in [2.24, 2.45) is 0 Å². The van der Waals surface area contributed by atoms with E-state index in [2.05, 4.69) is 15.5 Å². The van der Waals surface area contributed by atoms with E-state index in [9.17, 15) is 9.18 Å². The molecule has 1 saturated heterocycles. The Morgan fingerprint density at radius 1 is 1.40 bits per heavy atom. The summed E-state index contributed by atoms with van der Waals surface area (Å²) >= 11 is 0. The molecule has 0 aliphatic carbocycles. The SMILES string of the molecule is O=C(NCCCOC[C@H]1CCCO1)c1cc(-c2ccc(F)cc2)n[nH]1. The van der Waals surface area contributed by atoms with Crippen LogP contribution in [0.4, 0.5) is 4.39 Å². The molecule has 7 heteroatoms. The van der Waals surface area contributed by atoms with Crippen molar-refractivity contribution in [3.8, 4) is 11.3 Å². The van der Waals surface area contributed by atoms with E-state index >= 15 is 0 Å². The van der Waals surface area contributed by atoms with Gasteiger partial charge in [0.05, 0.1) is 18.4 Å². The van der Waals surface area contributed by atoms with Gasteiger partial charge in [0.2, 0.25) is 0 Å². The molecule has 0 bridgehead atoms. The predicted octanol–water partition coefficient (Wildman–Crippen LogP) is 2.53. The fourth-order valence-corrected chi connectivity index (χ4v) is 2.67. The van der Waals surface area contributed by atoms with Crippen LogP contribution < -0.4 is 5.32 Å². The monoisotopic (exact) mass is 347 g/mol. The summed E-state index contributed by atoms with van der Waals surface area (Å²) in [5.74, 6) is -0.529. The van der Waals surface area contributed by atoms with Crippen molar-refractivity contribution in [3.63, 3.8) is 0 Å². The first-order valence-electron chi connectivity index (χ1n) is 8.51. The maximum absolute atomic E-state index is 12.9. The number of amides is 1. The zero-order valence-electron chi connectivity index (χ0n) is 14.0. The van der Waals surface area contributed by atoms with Crippen LogP contribution in [0.3, 0.4) is 0 Å². The summed E-state index contributed by atoms with van der Waals surface area (Å²) in [6.45, 7) is 2.56. The topological polar surface area (TPSA) is 76.2 Å². The molecule has 6 nitrogen and oxygen atoms in total. The number of ether oxygens (including phenoxy) is 2. The van der Waals surface area contributed by atoms with Gasteiger partial charge in [-0.05, 0) is 49.6 Å². The second kappa shape index (κ2) is 8.73. The van der Waals surface area contributed by atoms with E-state index in [-0.39, 0.29) is 17.8 Å². The Hall–Kier alpha value is -2.25. The highest BCUT2D eigenvalue weighted by Crippen LogP contribution is 2.18. The molecule has 134 valence electrons. The third kappa shape index (κ3) is 5.11. The summed E-state index contributed by atoms with van der Waals surface area (Å²) < 4.78 is 24.0. The molecular weight excluding hydrogens is 325 g/mol. The lowest BCUT2D eigenvalue weighted by molar-refractivity contribution is 0.0166. The summed E-state index contributed by atoms with van der Waals surface area (Å²) in [7, 11) is 0. The Kier molecular flexibility index (Phi) is 6.14. The molecule has 25 heavy (non-hydrogen) atoms. The van der Waals surface area contributed by atoms with E-state index in [4.69, 9.17) is 9.47 Å². The number of H-pyrrole nitrogens is 1. The van der Waals surface area contributed by atoms with Crippen molar-refractivity contribution in [2.45, 2.75) is 25.4 Å². The number of nitrogens with one attached hydrogen (secondary N) is 2. The number of aromatic amines is 1. The summed E-state index contributed by atoms with van der Waals surface area (Å²) in [6, 6.07) is 7.62. The van der Waals surface area contributed by atoms with Crippen molar-refractivity contribution in [1.29, 1.82) is 0 Å². The van der Waals surface area contributed by atoms with Gasteiger partial charge in [-0.3, -0.25) is 9.89 Å². The van der Waals surface area contributed by atoms with Gasteiger partial charge in [0.15, 0.2) is 0 Å². The van der Waals surface area contributed by atoms with Gasteiger partial charge >= 0.3 is 0 Å². The lowest BCUT2D eigenvalue weighted by Gasteiger charge is -2.10. The summed E-state index contributed by atoms with van der Waals surface area (Å²) in [4.78, 5) is 12.1. The zero-order valence-corrected chi connectivity index (χ0v) is 14.0. The minimum atomic E-state index is -0.307. The number of halogens is 1. The molecule has 1 fully saturated rings. The van der Waals surface area contributed by atoms with Crippen LogP contribution in [0.2, 0.25) is 0 Å². The number of rotatable bonds is 8. The summed E-state index contributed by atoms with van der Waals surface area (Å²) in [6.07, 6.45) is 3.13. The highest BCUT2D eigenvalue weighted by atomic mass is 19.1. The molecule has 1 aromatic carbocycles. The zero-order chi connectivity index (χ0) is 17.5. The van der Waals surface area contributed by atoms with Crippen LogP contribution in [-0.4, -0.2) is 48.6 Å². The molecule has 3 rings (SSSR count). The van der Waals surface area contributed by atoms with Crippen molar-refractivity contribution >= 4 is 5.91 Å². The highest BCUT2D eigenvalue weighted by Gasteiger charge is 2.15. The van der Waals surface area contributed by atoms with Gasteiger partial charge in [0.1, 0.15) is 11.5 Å².